The molecule has 0 spiro atoms. The van der Waals surface area contributed by atoms with E-state index in [1.165, 1.54) is 0 Å². The zero-order valence-corrected chi connectivity index (χ0v) is 14.7. The van der Waals surface area contributed by atoms with Crippen LogP contribution in [0.3, 0.4) is 0 Å². The highest BCUT2D eigenvalue weighted by Gasteiger charge is 2.28. The van der Waals surface area contributed by atoms with Crippen molar-refractivity contribution in [3.8, 4) is 11.3 Å². The number of nitrogens with one attached hydrogen (secondary N) is 1. The summed E-state index contributed by atoms with van der Waals surface area (Å²) in [5.41, 5.74) is 1.16. The molecule has 4 rings (SSSR count). The normalized spacial score (nSPS) is 19.7. The van der Waals surface area contributed by atoms with Gasteiger partial charge in [0.15, 0.2) is 11.5 Å². The Hall–Kier alpha value is -3.00. The third-order valence-corrected chi connectivity index (χ3v) is 4.83. The molecular formula is C19H20N4O4. The second-order valence-electron chi connectivity index (χ2n) is 6.66. The molecule has 1 aromatic carbocycles. The van der Waals surface area contributed by atoms with Gasteiger partial charge in [0.25, 0.3) is 5.91 Å². The lowest BCUT2D eigenvalue weighted by Gasteiger charge is -2.26. The highest BCUT2D eigenvalue weighted by molar-refractivity contribution is 5.93. The van der Waals surface area contributed by atoms with E-state index in [0.717, 1.165) is 31.2 Å². The van der Waals surface area contributed by atoms with Gasteiger partial charge in [-0.3, -0.25) is 4.79 Å². The Bertz CT molecular complexity index is 897. The topological polar surface area (TPSA) is 114 Å². The first-order valence-electron chi connectivity index (χ1n) is 8.99. The lowest BCUT2D eigenvalue weighted by Crippen LogP contribution is -2.37. The predicted molar refractivity (Wildman–Crippen MR) is 94.6 cm³/mol. The number of amides is 1. The molecule has 140 valence electrons. The Kier molecular flexibility index (Phi) is 4.97. The fraction of sp³-hybridized carbons (Fsp3) is 0.368. The summed E-state index contributed by atoms with van der Waals surface area (Å²) in [5.74, 6) is 1.31. The fourth-order valence-corrected chi connectivity index (χ4v) is 3.36. The molecule has 27 heavy (non-hydrogen) atoms. The van der Waals surface area contributed by atoms with Crippen LogP contribution in [0.5, 0.6) is 0 Å². The van der Waals surface area contributed by atoms with E-state index in [1.807, 2.05) is 30.3 Å². The SMILES string of the molecule is O=C(NC1CCC(c2nnc(CO)o2)CC1)c1cc(-c2ccccc2)on1. The van der Waals surface area contributed by atoms with Crippen molar-refractivity contribution in [2.24, 2.45) is 0 Å². The van der Waals surface area contributed by atoms with Crippen LogP contribution in [-0.2, 0) is 6.61 Å². The fourth-order valence-electron chi connectivity index (χ4n) is 3.36. The molecule has 2 N–H and O–H groups in total. The Morgan fingerprint density at radius 2 is 1.93 bits per heavy atom. The standard InChI is InChI=1S/C19H20N4O4/c24-11-17-21-22-19(26-17)13-6-8-14(9-7-13)20-18(25)15-10-16(27-23-15)12-4-2-1-3-5-12/h1-5,10,13-14,24H,6-9,11H2,(H,20,25). The number of carbonyl (C=O) groups is 1. The Morgan fingerprint density at radius 3 is 2.63 bits per heavy atom. The summed E-state index contributed by atoms with van der Waals surface area (Å²) in [6.45, 7) is -0.249. The molecule has 1 aliphatic carbocycles. The van der Waals surface area contributed by atoms with Crippen molar-refractivity contribution in [3.05, 3.63) is 53.9 Å². The minimum Gasteiger partial charge on any atom is -0.422 e. The third kappa shape index (κ3) is 3.90. The lowest BCUT2D eigenvalue weighted by atomic mass is 9.86. The molecule has 8 nitrogen and oxygen atoms in total. The first-order chi connectivity index (χ1) is 13.2. The van der Waals surface area contributed by atoms with E-state index in [1.54, 1.807) is 6.07 Å². The summed E-state index contributed by atoms with van der Waals surface area (Å²) < 4.78 is 10.7. The first kappa shape index (κ1) is 17.4. The van der Waals surface area contributed by atoms with Crippen molar-refractivity contribution in [3.63, 3.8) is 0 Å². The van der Waals surface area contributed by atoms with E-state index in [0.29, 0.717) is 11.7 Å². The second-order valence-corrected chi connectivity index (χ2v) is 6.66. The van der Waals surface area contributed by atoms with Crippen molar-refractivity contribution < 1.29 is 18.8 Å². The number of aliphatic hydroxyl groups excluding tert-OH is 1. The van der Waals surface area contributed by atoms with Crippen molar-refractivity contribution in [1.29, 1.82) is 0 Å². The molecule has 1 amide bonds. The van der Waals surface area contributed by atoms with Crippen molar-refractivity contribution in [1.82, 2.24) is 20.7 Å². The summed E-state index contributed by atoms with van der Waals surface area (Å²) in [6, 6.07) is 11.3. The minimum atomic E-state index is -0.249. The van der Waals surface area contributed by atoms with E-state index >= 15 is 0 Å². The van der Waals surface area contributed by atoms with Crippen LogP contribution in [0.25, 0.3) is 11.3 Å². The predicted octanol–water partition coefficient (Wildman–Crippen LogP) is 2.67. The summed E-state index contributed by atoms with van der Waals surface area (Å²) in [4.78, 5) is 12.4. The van der Waals surface area contributed by atoms with Gasteiger partial charge >= 0.3 is 0 Å². The molecule has 1 aliphatic rings. The van der Waals surface area contributed by atoms with Gasteiger partial charge < -0.3 is 19.4 Å². The van der Waals surface area contributed by atoms with Crippen LogP contribution in [0.2, 0.25) is 0 Å². The molecule has 0 atom stereocenters. The van der Waals surface area contributed by atoms with E-state index < -0.39 is 0 Å². The average molecular weight is 368 g/mol. The molecule has 3 aromatic rings. The number of benzene rings is 1. The maximum absolute atomic E-state index is 12.4. The van der Waals surface area contributed by atoms with Gasteiger partial charge in [0.2, 0.25) is 11.8 Å². The molecule has 1 saturated carbocycles. The highest BCUT2D eigenvalue weighted by atomic mass is 16.5. The van der Waals surface area contributed by atoms with Crippen LogP contribution in [0.1, 0.15) is 53.9 Å². The molecule has 0 unspecified atom stereocenters. The van der Waals surface area contributed by atoms with Gasteiger partial charge in [-0.25, -0.2) is 0 Å². The summed E-state index contributed by atoms with van der Waals surface area (Å²) in [7, 11) is 0. The Balaban J connectivity index is 1.32. The molecule has 0 radical (unpaired) electrons. The van der Waals surface area contributed by atoms with Gasteiger partial charge in [0.1, 0.15) is 6.61 Å². The quantitative estimate of drug-likeness (QED) is 0.711. The van der Waals surface area contributed by atoms with Crippen molar-refractivity contribution in [2.45, 2.75) is 44.2 Å². The molecule has 2 aromatic heterocycles. The molecule has 0 bridgehead atoms. The largest absolute Gasteiger partial charge is 0.422 e. The maximum Gasteiger partial charge on any atom is 0.273 e. The van der Waals surface area contributed by atoms with E-state index in [9.17, 15) is 4.79 Å². The van der Waals surface area contributed by atoms with Gasteiger partial charge in [-0.1, -0.05) is 35.5 Å². The number of nitrogens with zero attached hydrogens (tertiary/aromatic N) is 3. The van der Waals surface area contributed by atoms with Gasteiger partial charge in [-0.2, -0.15) is 0 Å². The lowest BCUT2D eigenvalue weighted by molar-refractivity contribution is 0.0915. The zero-order chi connectivity index (χ0) is 18.6. The van der Waals surface area contributed by atoms with Crippen molar-refractivity contribution >= 4 is 5.91 Å². The van der Waals surface area contributed by atoms with Crippen LogP contribution in [0.4, 0.5) is 0 Å². The van der Waals surface area contributed by atoms with Crippen molar-refractivity contribution in [2.75, 3.05) is 0 Å². The van der Waals surface area contributed by atoms with Crippen LogP contribution >= 0.6 is 0 Å². The molecule has 0 aliphatic heterocycles. The number of hydrogen-bond acceptors (Lipinski definition) is 7. The first-order valence-corrected chi connectivity index (χ1v) is 8.99. The maximum atomic E-state index is 12.4. The Morgan fingerprint density at radius 1 is 1.15 bits per heavy atom. The average Bonchev–Trinajstić information content (AvgIpc) is 3.39. The van der Waals surface area contributed by atoms with E-state index in [2.05, 4.69) is 20.7 Å². The highest BCUT2D eigenvalue weighted by Crippen LogP contribution is 2.32. The smallest absolute Gasteiger partial charge is 0.273 e. The third-order valence-electron chi connectivity index (χ3n) is 4.83. The number of rotatable bonds is 5. The van der Waals surface area contributed by atoms with Crippen LogP contribution in [0.15, 0.2) is 45.3 Å². The number of hydrogen-bond donors (Lipinski definition) is 2. The van der Waals surface area contributed by atoms with Gasteiger partial charge in [-0.15, -0.1) is 10.2 Å². The molecule has 2 heterocycles. The van der Waals surface area contributed by atoms with Gasteiger partial charge in [0.05, 0.1) is 0 Å². The zero-order valence-electron chi connectivity index (χ0n) is 14.7. The Labute approximate surface area is 155 Å². The molecular weight excluding hydrogens is 348 g/mol. The van der Waals surface area contributed by atoms with Crippen LogP contribution in [0, 0.1) is 0 Å². The monoisotopic (exact) mass is 368 g/mol. The van der Waals surface area contributed by atoms with E-state index in [-0.39, 0.29) is 36.1 Å². The van der Waals surface area contributed by atoms with Crippen LogP contribution in [-0.4, -0.2) is 32.4 Å². The van der Waals surface area contributed by atoms with E-state index in [4.69, 9.17) is 14.0 Å². The summed E-state index contributed by atoms with van der Waals surface area (Å²) >= 11 is 0. The summed E-state index contributed by atoms with van der Waals surface area (Å²) in [6.07, 6.45) is 3.31. The number of aliphatic hydroxyl groups is 1. The summed E-state index contributed by atoms with van der Waals surface area (Å²) in [5, 5.41) is 23.7. The molecule has 0 saturated heterocycles. The number of carbonyl (C=O) groups excluding carboxylic acids is 1. The minimum absolute atomic E-state index is 0.0749. The molecule has 8 heteroatoms. The van der Waals surface area contributed by atoms with Gasteiger partial charge in [0, 0.05) is 23.6 Å². The molecule has 1 fully saturated rings. The van der Waals surface area contributed by atoms with Crippen LogP contribution < -0.4 is 5.32 Å². The number of aromatic nitrogens is 3. The second kappa shape index (κ2) is 7.71. The van der Waals surface area contributed by atoms with Gasteiger partial charge in [-0.05, 0) is 25.7 Å².